The molecule has 10 heteroatoms. The second-order valence-corrected chi connectivity index (χ2v) is 11.8. The summed E-state index contributed by atoms with van der Waals surface area (Å²) >= 11 is 1.38. The molecule has 1 aliphatic carbocycles. The predicted molar refractivity (Wildman–Crippen MR) is 142 cm³/mol. The number of sulfone groups is 1. The van der Waals surface area contributed by atoms with Crippen LogP contribution < -0.4 is 16.4 Å². The second kappa shape index (κ2) is 10.2. The molecule has 1 heterocycles. The van der Waals surface area contributed by atoms with Crippen LogP contribution in [0.1, 0.15) is 40.9 Å². The van der Waals surface area contributed by atoms with Crippen LogP contribution in [0, 0.1) is 0 Å². The molecule has 8 nitrogen and oxygen atoms in total. The average molecular weight is 513 g/mol. The normalized spacial score (nSPS) is 18.6. The molecule has 0 spiro atoms. The Morgan fingerprint density at radius 2 is 1.94 bits per heavy atom. The second-order valence-electron chi connectivity index (χ2n) is 8.70. The number of thiophene rings is 1. The Labute approximate surface area is 208 Å². The topological polar surface area (TPSA) is 134 Å². The lowest BCUT2D eigenvalue weighted by Crippen LogP contribution is -2.38. The van der Waals surface area contributed by atoms with Gasteiger partial charge in [-0.25, -0.2) is 13.4 Å². The zero-order valence-corrected chi connectivity index (χ0v) is 21.0. The number of hydrogen-bond donors (Lipinski definition) is 4. The molecule has 0 atom stereocenters. The maximum Gasteiger partial charge on any atom is 0.261 e. The lowest BCUT2D eigenvalue weighted by Gasteiger charge is -2.25. The molecule has 0 radical (unpaired) electrons. The van der Waals surface area contributed by atoms with E-state index in [1.54, 1.807) is 24.4 Å². The van der Waals surface area contributed by atoms with Crippen LogP contribution in [0.15, 0.2) is 64.8 Å². The molecule has 1 amide bonds. The number of aliphatic hydroxyl groups is 1. The molecule has 4 rings (SSSR count). The van der Waals surface area contributed by atoms with Gasteiger partial charge in [-0.15, -0.1) is 11.3 Å². The molecule has 2 aromatic carbocycles. The van der Waals surface area contributed by atoms with E-state index in [1.165, 1.54) is 23.5 Å². The zero-order chi connectivity index (χ0) is 25.2. The van der Waals surface area contributed by atoms with E-state index >= 15 is 0 Å². The van der Waals surface area contributed by atoms with E-state index < -0.39 is 9.84 Å². The summed E-state index contributed by atoms with van der Waals surface area (Å²) < 4.78 is 24.4. The smallest absolute Gasteiger partial charge is 0.261 e. The zero-order valence-electron chi connectivity index (χ0n) is 19.3. The highest BCUT2D eigenvalue weighted by Gasteiger charge is 2.22. The molecule has 3 aromatic rings. The van der Waals surface area contributed by atoms with Crippen LogP contribution in [0.25, 0.3) is 10.1 Å². The third-order valence-electron chi connectivity index (χ3n) is 5.94. The van der Waals surface area contributed by atoms with Crippen LogP contribution in [0.3, 0.4) is 0 Å². The number of carbonyl (C=O) groups is 1. The molecule has 0 unspecified atom stereocenters. The van der Waals surface area contributed by atoms with E-state index in [1.807, 2.05) is 12.1 Å². The van der Waals surface area contributed by atoms with E-state index in [2.05, 4.69) is 22.2 Å². The molecule has 0 saturated heterocycles. The summed E-state index contributed by atoms with van der Waals surface area (Å²) in [4.78, 5) is 17.9. The van der Waals surface area contributed by atoms with Gasteiger partial charge in [0.25, 0.3) is 5.91 Å². The van der Waals surface area contributed by atoms with Gasteiger partial charge >= 0.3 is 0 Å². The molecule has 1 aromatic heterocycles. The molecular formula is C25H28N4O4S2. The van der Waals surface area contributed by atoms with Gasteiger partial charge in [0, 0.05) is 45.5 Å². The van der Waals surface area contributed by atoms with Crippen molar-refractivity contribution in [2.75, 3.05) is 17.3 Å². The number of rotatable bonds is 7. The highest BCUT2D eigenvalue weighted by Crippen LogP contribution is 2.32. The van der Waals surface area contributed by atoms with E-state index in [-0.39, 0.29) is 22.9 Å². The Hall–Kier alpha value is -3.21. The average Bonchev–Trinajstić information content (AvgIpc) is 3.25. The summed E-state index contributed by atoms with van der Waals surface area (Å²) in [5.74, 6) is 0.189. The number of amides is 1. The quantitative estimate of drug-likeness (QED) is 0.280. The van der Waals surface area contributed by atoms with Gasteiger partial charge < -0.3 is 21.5 Å². The van der Waals surface area contributed by atoms with Crippen LogP contribution >= 0.6 is 11.3 Å². The minimum absolute atomic E-state index is 0.0767. The van der Waals surface area contributed by atoms with Gasteiger partial charge in [0.15, 0.2) is 9.84 Å². The van der Waals surface area contributed by atoms with Gasteiger partial charge in [-0.1, -0.05) is 12.6 Å². The first-order valence-electron chi connectivity index (χ1n) is 11.2. The number of fused-ring (bicyclic) bond motifs is 1. The monoisotopic (exact) mass is 512 g/mol. The third-order valence-corrected chi connectivity index (χ3v) is 8.15. The summed E-state index contributed by atoms with van der Waals surface area (Å²) in [5, 5.41) is 16.5. The number of nitrogens with two attached hydrogens (primary N) is 1. The van der Waals surface area contributed by atoms with Crippen LogP contribution in [-0.2, 0) is 9.84 Å². The van der Waals surface area contributed by atoms with Crippen LogP contribution in [-0.4, -0.2) is 44.0 Å². The van der Waals surface area contributed by atoms with Gasteiger partial charge in [-0.3, -0.25) is 4.79 Å². The van der Waals surface area contributed by atoms with Crippen molar-refractivity contribution in [3.63, 3.8) is 0 Å². The Morgan fingerprint density at radius 3 is 2.66 bits per heavy atom. The maximum absolute atomic E-state index is 12.7. The van der Waals surface area contributed by atoms with Crippen LogP contribution in [0.5, 0.6) is 0 Å². The van der Waals surface area contributed by atoms with E-state index in [9.17, 15) is 18.3 Å². The van der Waals surface area contributed by atoms with Crippen LogP contribution in [0.4, 0.5) is 11.4 Å². The Morgan fingerprint density at radius 1 is 1.20 bits per heavy atom. The minimum atomic E-state index is -3.32. The number of aliphatic imine (C=N–C) groups is 1. The first-order valence-corrected chi connectivity index (χ1v) is 13.9. The predicted octanol–water partition coefficient (Wildman–Crippen LogP) is 3.92. The van der Waals surface area contributed by atoms with E-state index in [0.29, 0.717) is 40.5 Å². The fraction of sp³-hybridized carbons (Fsp3) is 0.280. The molecule has 1 fully saturated rings. The summed E-state index contributed by atoms with van der Waals surface area (Å²) in [6.07, 6.45) is 5.42. The summed E-state index contributed by atoms with van der Waals surface area (Å²) in [7, 11) is -3.32. The number of aliphatic hydroxyl groups excluding tert-OH is 1. The Balaban J connectivity index is 1.46. The number of hydrogen-bond acceptors (Lipinski definition) is 8. The van der Waals surface area contributed by atoms with Gasteiger partial charge in [0.1, 0.15) is 5.82 Å². The summed E-state index contributed by atoms with van der Waals surface area (Å²) in [5.41, 5.74) is 8.12. The molecule has 0 bridgehead atoms. The summed E-state index contributed by atoms with van der Waals surface area (Å²) in [6, 6.07) is 12.0. The van der Waals surface area contributed by atoms with Gasteiger partial charge in [0.2, 0.25) is 0 Å². The van der Waals surface area contributed by atoms with Crippen molar-refractivity contribution in [3.05, 3.63) is 65.3 Å². The molecule has 0 aliphatic heterocycles. The van der Waals surface area contributed by atoms with Crippen molar-refractivity contribution < 1.29 is 18.3 Å². The largest absolute Gasteiger partial charge is 0.398 e. The van der Waals surface area contributed by atoms with Gasteiger partial charge in [-0.05, 0) is 62.1 Å². The van der Waals surface area contributed by atoms with Gasteiger partial charge in [0.05, 0.1) is 15.9 Å². The van der Waals surface area contributed by atoms with Gasteiger partial charge in [-0.2, -0.15) is 0 Å². The lowest BCUT2D eigenvalue weighted by molar-refractivity contribution is 0.0871. The van der Waals surface area contributed by atoms with Crippen molar-refractivity contribution in [2.45, 2.75) is 42.7 Å². The number of anilines is 2. The van der Waals surface area contributed by atoms with Crippen molar-refractivity contribution in [2.24, 2.45) is 4.99 Å². The molecule has 184 valence electrons. The number of nitrogen functional groups attached to an aromatic ring is 1. The van der Waals surface area contributed by atoms with Crippen molar-refractivity contribution >= 4 is 54.8 Å². The van der Waals surface area contributed by atoms with E-state index in [4.69, 9.17) is 5.73 Å². The molecular weight excluding hydrogens is 484 g/mol. The van der Waals surface area contributed by atoms with Crippen molar-refractivity contribution in [1.29, 1.82) is 0 Å². The molecule has 35 heavy (non-hydrogen) atoms. The Kier molecular flexibility index (Phi) is 7.25. The summed E-state index contributed by atoms with van der Waals surface area (Å²) in [6.45, 7) is 3.87. The standard InChI is InChI=1S/C25H28N4O4S2/c1-15(28-18-4-3-5-20(12-18)35(2,32)33)27-14-16-6-11-22-21(24(16)26)13-23(34-22)25(31)29-17-7-9-19(30)10-8-17/h3-6,11-14,17,19,28,30H,1,7-10,26H2,2H3,(H,29,31)/b27-14-. The third kappa shape index (κ3) is 6.08. The first kappa shape index (κ1) is 24.9. The number of nitrogens with zero attached hydrogens (tertiary/aromatic N) is 1. The SMILES string of the molecule is C=C(/N=C\c1ccc2sc(C(=O)NC3CCC(O)CC3)cc2c1N)Nc1cccc(S(C)(=O)=O)c1. The molecule has 5 N–H and O–H groups in total. The molecule has 1 aliphatic rings. The van der Waals surface area contributed by atoms with E-state index in [0.717, 1.165) is 29.2 Å². The fourth-order valence-electron chi connectivity index (χ4n) is 4.00. The maximum atomic E-state index is 12.7. The Bertz CT molecular complexity index is 1400. The van der Waals surface area contributed by atoms with Crippen LogP contribution in [0.2, 0.25) is 0 Å². The van der Waals surface area contributed by atoms with Crippen molar-refractivity contribution in [3.8, 4) is 0 Å². The lowest BCUT2D eigenvalue weighted by atomic mass is 9.93. The van der Waals surface area contributed by atoms with Crippen molar-refractivity contribution in [1.82, 2.24) is 5.32 Å². The number of carbonyl (C=O) groups excluding carboxylic acids is 1. The fourth-order valence-corrected chi connectivity index (χ4v) is 5.65. The molecule has 1 saturated carbocycles. The first-order chi connectivity index (χ1) is 16.6. The minimum Gasteiger partial charge on any atom is -0.398 e. The number of nitrogens with one attached hydrogen (secondary N) is 2. The highest BCUT2D eigenvalue weighted by atomic mass is 32.2. The number of benzene rings is 2. The highest BCUT2D eigenvalue weighted by molar-refractivity contribution is 7.90.